The molecule has 10 rings (SSSR count). The number of rotatable bonds is 4. The van der Waals surface area contributed by atoms with Crippen molar-refractivity contribution < 1.29 is 0 Å². The molecule has 2 saturated heterocycles. The molecular formula is C33H30N8. The van der Waals surface area contributed by atoms with Crippen molar-refractivity contribution in [3.63, 3.8) is 0 Å². The highest BCUT2D eigenvalue weighted by molar-refractivity contribution is 5.86. The van der Waals surface area contributed by atoms with Gasteiger partial charge in [-0.2, -0.15) is 0 Å². The zero-order chi connectivity index (χ0) is 26.8. The Morgan fingerprint density at radius 3 is 1.73 bits per heavy atom. The Bertz CT molecular complexity index is 2000. The molecule has 7 atom stereocenters. The SMILES string of the molecule is C[C@@H]1[C@@H]2C[C@@H](c3nc4ccc(-c5ccc6nc(-c7ccc8nc([C@@H]9C[C@H]%10C[C@H]%10N9)[nH]c8c7)ccc6n5)cc4[nH]3)N[C@H]12. The Kier molecular flexibility index (Phi) is 4.39. The van der Waals surface area contributed by atoms with Gasteiger partial charge in [0.25, 0.3) is 0 Å². The van der Waals surface area contributed by atoms with E-state index in [2.05, 4.69) is 88.2 Å². The summed E-state index contributed by atoms with van der Waals surface area (Å²) in [5, 5.41) is 7.43. The molecule has 2 aliphatic carbocycles. The van der Waals surface area contributed by atoms with Crippen molar-refractivity contribution in [3.05, 3.63) is 72.3 Å². The van der Waals surface area contributed by atoms with E-state index >= 15 is 0 Å². The molecule has 6 aromatic rings. The second kappa shape index (κ2) is 7.99. The minimum Gasteiger partial charge on any atom is -0.341 e. The predicted molar refractivity (Wildman–Crippen MR) is 159 cm³/mol. The van der Waals surface area contributed by atoms with E-state index in [0.29, 0.717) is 24.2 Å². The van der Waals surface area contributed by atoms with Gasteiger partial charge in [-0.1, -0.05) is 19.1 Å². The van der Waals surface area contributed by atoms with Crippen LogP contribution in [-0.4, -0.2) is 42.0 Å². The number of aromatic amines is 2. The first kappa shape index (κ1) is 22.5. The standard InChI is InChI=1S/C33H30N8/c1-15-19-14-30(37-31(15)19)33-39-25-5-3-17(11-28(25)41-33)21-7-9-22-23(35-21)8-6-20(34-22)16-2-4-24-27(10-16)40-32(38-24)29-13-18-12-26(18)36-29/h2-11,15,18-19,26,29-31,36-37H,12-14H2,1H3,(H,38,40)(H,39,41)/t15-,18-,19+,26-,29+,30+,31-/m1/s1. The van der Waals surface area contributed by atoms with Gasteiger partial charge >= 0.3 is 0 Å². The highest BCUT2D eigenvalue weighted by Gasteiger charge is 2.54. The lowest BCUT2D eigenvalue weighted by Gasteiger charge is -2.11. The molecular weight excluding hydrogens is 508 g/mol. The van der Waals surface area contributed by atoms with E-state index in [0.717, 1.165) is 85.0 Å². The summed E-state index contributed by atoms with van der Waals surface area (Å²) in [6.07, 6.45) is 3.69. The maximum atomic E-state index is 4.97. The highest BCUT2D eigenvalue weighted by Crippen LogP contribution is 2.51. The minimum absolute atomic E-state index is 0.335. The minimum atomic E-state index is 0.335. The smallest absolute Gasteiger partial charge is 0.124 e. The van der Waals surface area contributed by atoms with E-state index in [1.165, 1.54) is 19.3 Å². The first-order valence-electron chi connectivity index (χ1n) is 14.9. The molecule has 8 nitrogen and oxygen atoms in total. The van der Waals surface area contributed by atoms with Crippen molar-refractivity contribution in [2.75, 3.05) is 0 Å². The molecule has 2 aromatic carbocycles. The van der Waals surface area contributed by atoms with Crippen LogP contribution in [0.4, 0.5) is 0 Å². The number of nitrogens with zero attached hydrogens (tertiary/aromatic N) is 4. The van der Waals surface area contributed by atoms with Crippen LogP contribution in [0.3, 0.4) is 0 Å². The number of aromatic nitrogens is 6. The zero-order valence-corrected chi connectivity index (χ0v) is 22.7. The fourth-order valence-electron chi connectivity index (χ4n) is 7.52. The molecule has 4 N–H and O–H groups in total. The van der Waals surface area contributed by atoms with E-state index in [4.69, 9.17) is 19.9 Å². The summed E-state index contributed by atoms with van der Waals surface area (Å²) in [7, 11) is 0. The van der Waals surface area contributed by atoms with Gasteiger partial charge < -0.3 is 20.6 Å². The van der Waals surface area contributed by atoms with Crippen LogP contribution in [0, 0.1) is 17.8 Å². The lowest BCUT2D eigenvalue weighted by atomic mass is 10.1. The molecule has 202 valence electrons. The van der Waals surface area contributed by atoms with Crippen LogP contribution in [0.1, 0.15) is 49.9 Å². The average Bonchev–Trinajstić information content (AvgIpc) is 3.52. The molecule has 2 aliphatic heterocycles. The second-order valence-electron chi connectivity index (χ2n) is 12.7. The van der Waals surface area contributed by atoms with Crippen LogP contribution in [0.5, 0.6) is 0 Å². The molecule has 0 spiro atoms. The maximum absolute atomic E-state index is 4.97. The Morgan fingerprint density at radius 1 is 0.610 bits per heavy atom. The number of hydrogen-bond acceptors (Lipinski definition) is 6. The third-order valence-electron chi connectivity index (χ3n) is 10.1. The third kappa shape index (κ3) is 3.53. The topological polar surface area (TPSA) is 107 Å². The van der Waals surface area contributed by atoms with Crippen molar-refractivity contribution >= 4 is 33.1 Å². The summed E-state index contributed by atoms with van der Waals surface area (Å²) in [5.74, 6) is 4.57. The van der Waals surface area contributed by atoms with Gasteiger partial charge in [-0.25, -0.2) is 19.9 Å². The molecule has 41 heavy (non-hydrogen) atoms. The molecule has 0 bridgehead atoms. The lowest BCUT2D eigenvalue weighted by molar-refractivity contribution is 0.499. The summed E-state index contributed by atoms with van der Waals surface area (Å²) < 4.78 is 0. The zero-order valence-electron chi connectivity index (χ0n) is 22.7. The predicted octanol–water partition coefficient (Wildman–Crippen LogP) is 5.81. The fourth-order valence-corrected chi connectivity index (χ4v) is 7.52. The van der Waals surface area contributed by atoms with Crippen molar-refractivity contribution in [2.45, 2.75) is 50.4 Å². The summed E-state index contributed by atoms with van der Waals surface area (Å²) in [6, 6.07) is 23.1. The number of benzene rings is 2. The molecule has 0 unspecified atom stereocenters. The van der Waals surface area contributed by atoms with E-state index in [1.54, 1.807) is 0 Å². The van der Waals surface area contributed by atoms with Crippen LogP contribution in [0.15, 0.2) is 60.7 Å². The van der Waals surface area contributed by atoms with Crippen molar-refractivity contribution in [1.82, 2.24) is 40.5 Å². The van der Waals surface area contributed by atoms with Gasteiger partial charge in [0.2, 0.25) is 0 Å². The number of imidazole rings is 2. The summed E-state index contributed by atoms with van der Waals surface area (Å²) in [4.78, 5) is 26.8. The molecule has 6 heterocycles. The first-order valence-corrected chi connectivity index (χ1v) is 14.9. The quantitative estimate of drug-likeness (QED) is 0.226. The summed E-state index contributed by atoms with van der Waals surface area (Å²) in [6.45, 7) is 2.33. The van der Waals surface area contributed by atoms with E-state index in [-0.39, 0.29) is 0 Å². The number of pyridine rings is 2. The van der Waals surface area contributed by atoms with Gasteiger partial charge in [-0.15, -0.1) is 0 Å². The van der Waals surface area contributed by atoms with Gasteiger partial charge in [0.05, 0.1) is 56.6 Å². The normalized spacial score (nSPS) is 29.8. The maximum Gasteiger partial charge on any atom is 0.124 e. The number of piperidine rings is 2. The molecule has 4 aromatic heterocycles. The lowest BCUT2D eigenvalue weighted by Crippen LogP contribution is -2.20. The van der Waals surface area contributed by atoms with E-state index in [9.17, 15) is 0 Å². The largest absolute Gasteiger partial charge is 0.341 e. The number of nitrogens with one attached hydrogen (secondary N) is 4. The van der Waals surface area contributed by atoms with Crippen LogP contribution >= 0.6 is 0 Å². The van der Waals surface area contributed by atoms with Crippen molar-refractivity contribution in [2.24, 2.45) is 17.8 Å². The second-order valence-corrected chi connectivity index (χ2v) is 12.7. The molecule has 0 radical (unpaired) electrons. The van der Waals surface area contributed by atoms with Gasteiger partial charge in [0, 0.05) is 23.2 Å². The van der Waals surface area contributed by atoms with Crippen molar-refractivity contribution in [1.29, 1.82) is 0 Å². The van der Waals surface area contributed by atoms with Gasteiger partial charge in [0.1, 0.15) is 11.6 Å². The molecule has 4 aliphatic rings. The Morgan fingerprint density at radius 2 is 1.20 bits per heavy atom. The molecule has 0 amide bonds. The Balaban J connectivity index is 0.930. The summed E-state index contributed by atoms with van der Waals surface area (Å²) >= 11 is 0. The van der Waals surface area contributed by atoms with Gasteiger partial charge in [0.15, 0.2) is 0 Å². The number of fused-ring (bicyclic) bond motifs is 5. The van der Waals surface area contributed by atoms with E-state index in [1.807, 2.05) is 0 Å². The average molecular weight is 539 g/mol. The third-order valence-corrected chi connectivity index (χ3v) is 10.1. The van der Waals surface area contributed by atoms with Gasteiger partial charge in [-0.05, 0) is 85.5 Å². The highest BCUT2D eigenvalue weighted by atomic mass is 15.1. The van der Waals surface area contributed by atoms with Gasteiger partial charge in [-0.3, -0.25) is 0 Å². The molecule has 8 heteroatoms. The van der Waals surface area contributed by atoms with Crippen LogP contribution in [-0.2, 0) is 0 Å². The van der Waals surface area contributed by atoms with E-state index < -0.39 is 0 Å². The monoisotopic (exact) mass is 538 g/mol. The first-order chi connectivity index (χ1) is 20.1. The van der Waals surface area contributed by atoms with Crippen molar-refractivity contribution in [3.8, 4) is 22.5 Å². The molecule has 4 fully saturated rings. The molecule has 2 saturated carbocycles. The van der Waals surface area contributed by atoms with Crippen LogP contribution < -0.4 is 10.6 Å². The number of H-pyrrole nitrogens is 2. The Labute approximate surface area is 236 Å². The van der Waals surface area contributed by atoms with Crippen LogP contribution in [0.2, 0.25) is 0 Å². The summed E-state index contributed by atoms with van der Waals surface area (Å²) in [5.41, 5.74) is 9.91. The number of hydrogen-bond donors (Lipinski definition) is 4. The Hall–Kier alpha value is -4.14. The van der Waals surface area contributed by atoms with Crippen LogP contribution in [0.25, 0.3) is 55.6 Å². The fraction of sp³-hybridized carbons (Fsp3) is 0.333.